The van der Waals surface area contributed by atoms with Crippen LogP contribution in [0, 0.1) is 0 Å². The number of aromatic nitrogens is 2. The Balaban J connectivity index is 2.82. The van der Waals surface area contributed by atoms with E-state index < -0.39 is 5.60 Å². The fourth-order valence-corrected chi connectivity index (χ4v) is 2.08. The van der Waals surface area contributed by atoms with Crippen LogP contribution in [0.25, 0.3) is 0 Å². The van der Waals surface area contributed by atoms with Crippen molar-refractivity contribution >= 4 is 17.3 Å². The molecular weight excluding hydrogens is 280 g/mol. The first-order chi connectivity index (χ1) is 9.26. The summed E-state index contributed by atoms with van der Waals surface area (Å²) < 4.78 is 1.22. The molecule has 6 nitrogen and oxygen atoms in total. The number of allylic oxidation sites excluding steroid dienone is 1. The van der Waals surface area contributed by atoms with E-state index in [4.69, 9.17) is 11.6 Å². The summed E-state index contributed by atoms with van der Waals surface area (Å²) in [7, 11) is 3.75. The average molecular weight is 301 g/mol. The summed E-state index contributed by atoms with van der Waals surface area (Å²) in [5, 5.41) is 17.2. The largest absolute Gasteiger partial charge is 0.387 e. The topological polar surface area (TPSA) is 70.4 Å². The molecule has 0 aliphatic heterocycles. The molecule has 0 saturated heterocycles. The number of rotatable bonds is 7. The van der Waals surface area contributed by atoms with Gasteiger partial charge in [-0.15, -0.1) is 6.58 Å². The van der Waals surface area contributed by atoms with Crippen molar-refractivity contribution in [1.82, 2.24) is 14.7 Å². The summed E-state index contributed by atoms with van der Waals surface area (Å²) >= 11 is 6.01. The molecule has 0 radical (unpaired) electrons. The molecule has 1 aromatic heterocycles. The van der Waals surface area contributed by atoms with Gasteiger partial charge in [-0.05, 0) is 21.0 Å². The summed E-state index contributed by atoms with van der Waals surface area (Å²) in [5.74, 6) is 0. The maximum absolute atomic E-state index is 11.9. The molecule has 0 aliphatic carbocycles. The van der Waals surface area contributed by atoms with E-state index in [-0.39, 0.29) is 17.1 Å². The fourth-order valence-electron chi connectivity index (χ4n) is 1.86. The molecule has 0 aromatic carbocycles. The van der Waals surface area contributed by atoms with Gasteiger partial charge in [-0.3, -0.25) is 4.79 Å². The van der Waals surface area contributed by atoms with Gasteiger partial charge >= 0.3 is 0 Å². The first-order valence-corrected chi connectivity index (χ1v) is 6.62. The first-order valence-electron chi connectivity index (χ1n) is 6.24. The first kappa shape index (κ1) is 16.7. The van der Waals surface area contributed by atoms with E-state index in [2.05, 4.69) is 17.0 Å². The van der Waals surface area contributed by atoms with E-state index in [1.165, 1.54) is 10.9 Å². The number of nitrogens with zero attached hydrogens (tertiary/aromatic N) is 3. The van der Waals surface area contributed by atoms with Crippen molar-refractivity contribution < 1.29 is 5.11 Å². The third-order valence-electron chi connectivity index (χ3n) is 2.60. The highest BCUT2D eigenvalue weighted by molar-refractivity contribution is 6.32. The summed E-state index contributed by atoms with van der Waals surface area (Å²) in [6.45, 7) is 6.31. The highest BCUT2D eigenvalue weighted by atomic mass is 35.5. The van der Waals surface area contributed by atoms with E-state index in [1.807, 2.05) is 19.0 Å². The zero-order valence-electron chi connectivity index (χ0n) is 12.1. The highest BCUT2D eigenvalue weighted by Gasteiger charge is 2.21. The van der Waals surface area contributed by atoms with Crippen molar-refractivity contribution in [3.05, 3.63) is 34.2 Å². The quantitative estimate of drug-likeness (QED) is 0.729. The second kappa shape index (κ2) is 6.88. The van der Waals surface area contributed by atoms with Gasteiger partial charge in [-0.1, -0.05) is 17.7 Å². The lowest BCUT2D eigenvalue weighted by Crippen LogP contribution is -2.43. The van der Waals surface area contributed by atoms with Gasteiger partial charge in [0, 0.05) is 13.1 Å². The smallest absolute Gasteiger partial charge is 0.287 e. The lowest BCUT2D eigenvalue weighted by Gasteiger charge is -2.27. The number of hydrogen-bond acceptors (Lipinski definition) is 5. The molecule has 0 aliphatic rings. The van der Waals surface area contributed by atoms with Gasteiger partial charge in [0.15, 0.2) is 0 Å². The Morgan fingerprint density at radius 2 is 2.30 bits per heavy atom. The van der Waals surface area contributed by atoms with Crippen LogP contribution in [-0.2, 0) is 6.54 Å². The molecule has 112 valence electrons. The Morgan fingerprint density at radius 1 is 1.65 bits per heavy atom. The van der Waals surface area contributed by atoms with Gasteiger partial charge in [-0.2, -0.15) is 5.10 Å². The number of anilines is 1. The molecule has 1 atom stereocenters. The number of halogens is 1. The van der Waals surface area contributed by atoms with Crippen molar-refractivity contribution in [2.45, 2.75) is 19.1 Å². The molecule has 7 heteroatoms. The Kier molecular flexibility index (Phi) is 5.74. The molecule has 1 aromatic rings. The Labute approximate surface area is 123 Å². The van der Waals surface area contributed by atoms with Crippen molar-refractivity contribution in [2.75, 3.05) is 32.5 Å². The normalized spacial score (nSPS) is 14.1. The summed E-state index contributed by atoms with van der Waals surface area (Å²) in [6.07, 6.45) is 3.04. The second-order valence-corrected chi connectivity index (χ2v) is 5.61. The molecule has 0 bridgehead atoms. The van der Waals surface area contributed by atoms with Crippen LogP contribution in [0.3, 0.4) is 0 Å². The number of nitrogens with one attached hydrogen (secondary N) is 1. The van der Waals surface area contributed by atoms with Gasteiger partial charge in [0.25, 0.3) is 5.56 Å². The number of aliphatic hydroxyl groups is 1. The van der Waals surface area contributed by atoms with Crippen LogP contribution in [0.4, 0.5) is 5.69 Å². The van der Waals surface area contributed by atoms with Crippen LogP contribution in [0.1, 0.15) is 6.92 Å². The summed E-state index contributed by atoms with van der Waals surface area (Å²) in [4.78, 5) is 13.8. The highest BCUT2D eigenvalue weighted by Crippen LogP contribution is 2.16. The maximum Gasteiger partial charge on any atom is 0.287 e. The minimum Gasteiger partial charge on any atom is -0.387 e. The van der Waals surface area contributed by atoms with E-state index in [1.54, 1.807) is 13.0 Å². The summed E-state index contributed by atoms with van der Waals surface area (Å²) in [5.41, 5.74) is -0.914. The molecule has 0 fully saturated rings. The lowest BCUT2D eigenvalue weighted by molar-refractivity contribution is 0.0460. The van der Waals surface area contributed by atoms with E-state index in [9.17, 15) is 9.90 Å². The van der Waals surface area contributed by atoms with E-state index >= 15 is 0 Å². The van der Waals surface area contributed by atoms with Crippen molar-refractivity contribution in [2.24, 2.45) is 0 Å². The average Bonchev–Trinajstić information content (AvgIpc) is 2.33. The van der Waals surface area contributed by atoms with Crippen molar-refractivity contribution in [3.63, 3.8) is 0 Å². The minimum absolute atomic E-state index is 0.0579. The van der Waals surface area contributed by atoms with Crippen LogP contribution in [0.2, 0.25) is 5.02 Å². The Morgan fingerprint density at radius 3 is 2.85 bits per heavy atom. The van der Waals surface area contributed by atoms with E-state index in [0.29, 0.717) is 18.8 Å². The Hall–Kier alpha value is -1.37. The van der Waals surface area contributed by atoms with Crippen LogP contribution in [-0.4, -0.2) is 52.6 Å². The van der Waals surface area contributed by atoms with E-state index in [0.717, 1.165) is 0 Å². The molecule has 1 heterocycles. The molecule has 0 amide bonds. The van der Waals surface area contributed by atoms with Crippen LogP contribution >= 0.6 is 11.6 Å². The molecule has 0 saturated carbocycles. The zero-order valence-corrected chi connectivity index (χ0v) is 12.8. The maximum atomic E-state index is 11.9. The van der Waals surface area contributed by atoms with Crippen molar-refractivity contribution in [1.29, 1.82) is 0 Å². The standard InChI is InChI=1S/C13H21ClN4O2/c1-5-6-18-12(19)11(14)10(7-16-18)15-8-13(2,20)9-17(3)4/h5,7,15,20H,1,6,8-9H2,2-4H3. The minimum atomic E-state index is -0.942. The monoisotopic (exact) mass is 300 g/mol. The van der Waals surface area contributed by atoms with Gasteiger partial charge in [0.1, 0.15) is 5.02 Å². The third-order valence-corrected chi connectivity index (χ3v) is 2.97. The molecule has 1 rings (SSSR count). The molecule has 20 heavy (non-hydrogen) atoms. The molecule has 1 unspecified atom stereocenters. The van der Waals surface area contributed by atoms with Gasteiger partial charge in [0.2, 0.25) is 0 Å². The summed E-state index contributed by atoms with van der Waals surface area (Å²) in [6, 6.07) is 0. The van der Waals surface area contributed by atoms with Gasteiger partial charge in [0.05, 0.1) is 24.0 Å². The zero-order chi connectivity index (χ0) is 15.3. The number of hydrogen-bond donors (Lipinski definition) is 2. The predicted octanol–water partition coefficient (Wildman–Crippen LogP) is 0.807. The van der Waals surface area contributed by atoms with Crippen LogP contribution in [0.15, 0.2) is 23.6 Å². The molecule has 2 N–H and O–H groups in total. The second-order valence-electron chi connectivity index (χ2n) is 5.24. The molecule has 0 spiro atoms. The van der Waals surface area contributed by atoms with Gasteiger partial charge in [-0.25, -0.2) is 4.68 Å². The predicted molar refractivity (Wildman–Crippen MR) is 81.4 cm³/mol. The van der Waals surface area contributed by atoms with Gasteiger partial charge < -0.3 is 15.3 Å². The van der Waals surface area contributed by atoms with Crippen LogP contribution in [0.5, 0.6) is 0 Å². The van der Waals surface area contributed by atoms with Crippen molar-refractivity contribution in [3.8, 4) is 0 Å². The van der Waals surface area contributed by atoms with Crippen LogP contribution < -0.4 is 10.9 Å². The molecular formula is C13H21ClN4O2. The Bertz CT molecular complexity index is 526. The third kappa shape index (κ3) is 4.63. The fraction of sp³-hybridized carbons (Fsp3) is 0.538. The number of likely N-dealkylation sites (N-methyl/N-ethyl adjacent to an activating group) is 1. The SMILES string of the molecule is C=CCn1ncc(NCC(C)(O)CN(C)C)c(Cl)c1=O. The lowest BCUT2D eigenvalue weighted by atomic mass is 10.1.